The van der Waals surface area contributed by atoms with Gasteiger partial charge in [-0.3, -0.25) is 9.36 Å². The molecule has 0 spiro atoms. The predicted octanol–water partition coefficient (Wildman–Crippen LogP) is 5.04. The molecule has 0 radical (unpaired) electrons. The number of nitrogens with zero attached hydrogens (tertiary/aromatic N) is 3. The second-order valence-electron chi connectivity index (χ2n) is 5.55. The number of aromatic nitrogens is 3. The Hall–Kier alpha value is -2.51. The van der Waals surface area contributed by atoms with Gasteiger partial charge in [-0.25, -0.2) is 8.78 Å². The van der Waals surface area contributed by atoms with E-state index in [0.29, 0.717) is 22.5 Å². The zero-order valence-corrected chi connectivity index (χ0v) is 15.6. The van der Waals surface area contributed by atoms with Crippen molar-refractivity contribution in [1.82, 2.24) is 14.8 Å². The summed E-state index contributed by atoms with van der Waals surface area (Å²) in [5.74, 6) is -1.45. The van der Waals surface area contributed by atoms with Crippen LogP contribution in [0.5, 0.6) is 0 Å². The quantitative estimate of drug-likeness (QED) is 0.314. The minimum absolute atomic E-state index is 0.101. The number of hydrogen-bond donors (Lipinski definition) is 0. The molecule has 1 aromatic heterocycles. The average Bonchev–Trinajstić information content (AvgIpc) is 3.05. The van der Waals surface area contributed by atoms with Crippen molar-refractivity contribution in [2.45, 2.75) is 11.7 Å². The van der Waals surface area contributed by atoms with Crippen LogP contribution in [0.4, 0.5) is 8.78 Å². The van der Waals surface area contributed by atoms with Crippen molar-refractivity contribution in [1.29, 1.82) is 0 Å². The standard InChI is InChI=1S/C19H14ClF2N3OS/c1-2-9-25-18(12-3-5-13(20)6-4-12)23-24-19(25)27-11-17(26)15-10-14(21)7-8-16(15)22/h2-8,10H,1,9,11H2. The fourth-order valence-electron chi connectivity index (χ4n) is 2.42. The van der Waals surface area contributed by atoms with Crippen molar-refractivity contribution in [3.63, 3.8) is 0 Å². The molecule has 0 aliphatic rings. The lowest BCUT2D eigenvalue weighted by Gasteiger charge is -2.08. The molecule has 2 aromatic carbocycles. The Labute approximate surface area is 163 Å². The smallest absolute Gasteiger partial charge is 0.192 e. The molecule has 0 bridgehead atoms. The molecule has 3 aromatic rings. The van der Waals surface area contributed by atoms with E-state index in [1.165, 1.54) is 0 Å². The van der Waals surface area contributed by atoms with E-state index in [2.05, 4.69) is 16.8 Å². The molecule has 0 saturated carbocycles. The highest BCUT2D eigenvalue weighted by atomic mass is 35.5. The number of Topliss-reactive ketones (excluding diaryl/α,β-unsaturated/α-hetero) is 1. The summed E-state index contributed by atoms with van der Waals surface area (Å²) in [6.07, 6.45) is 1.68. The third-order valence-corrected chi connectivity index (χ3v) is 4.91. The molecule has 0 amide bonds. The van der Waals surface area contributed by atoms with Crippen LogP contribution in [0.3, 0.4) is 0 Å². The van der Waals surface area contributed by atoms with E-state index >= 15 is 0 Å². The maximum absolute atomic E-state index is 13.7. The molecule has 0 atom stereocenters. The van der Waals surface area contributed by atoms with Crippen molar-refractivity contribution in [3.8, 4) is 11.4 Å². The van der Waals surface area contributed by atoms with Gasteiger partial charge < -0.3 is 0 Å². The molecule has 0 fully saturated rings. The van der Waals surface area contributed by atoms with Gasteiger partial charge in [-0.15, -0.1) is 16.8 Å². The monoisotopic (exact) mass is 405 g/mol. The van der Waals surface area contributed by atoms with E-state index in [0.717, 1.165) is 35.5 Å². The van der Waals surface area contributed by atoms with E-state index in [-0.39, 0.29) is 11.3 Å². The van der Waals surface area contributed by atoms with Crippen LogP contribution in [0.15, 0.2) is 60.3 Å². The molecule has 0 saturated heterocycles. The van der Waals surface area contributed by atoms with Crippen molar-refractivity contribution >= 4 is 29.1 Å². The minimum Gasteiger partial charge on any atom is -0.298 e. The average molecular weight is 406 g/mol. The Morgan fingerprint density at radius 2 is 1.93 bits per heavy atom. The van der Waals surface area contributed by atoms with Crippen LogP contribution in [-0.4, -0.2) is 26.3 Å². The van der Waals surface area contributed by atoms with Crippen LogP contribution in [0.2, 0.25) is 5.02 Å². The van der Waals surface area contributed by atoms with Crippen LogP contribution in [0.1, 0.15) is 10.4 Å². The third kappa shape index (κ3) is 4.43. The lowest BCUT2D eigenvalue weighted by molar-refractivity contribution is 0.101. The number of allylic oxidation sites excluding steroid dienone is 1. The van der Waals surface area contributed by atoms with Crippen LogP contribution < -0.4 is 0 Å². The van der Waals surface area contributed by atoms with Crippen LogP contribution >= 0.6 is 23.4 Å². The highest BCUT2D eigenvalue weighted by Crippen LogP contribution is 2.26. The van der Waals surface area contributed by atoms with E-state index in [1.54, 1.807) is 22.8 Å². The molecule has 138 valence electrons. The first-order valence-corrected chi connectivity index (χ1v) is 9.27. The van der Waals surface area contributed by atoms with E-state index < -0.39 is 17.4 Å². The molecule has 3 rings (SSSR count). The number of rotatable bonds is 7. The number of halogens is 3. The summed E-state index contributed by atoms with van der Waals surface area (Å²) in [5.41, 5.74) is 0.526. The van der Waals surface area contributed by atoms with Gasteiger partial charge in [0.05, 0.1) is 11.3 Å². The summed E-state index contributed by atoms with van der Waals surface area (Å²) in [6.45, 7) is 4.15. The van der Waals surface area contributed by atoms with Gasteiger partial charge >= 0.3 is 0 Å². The summed E-state index contributed by atoms with van der Waals surface area (Å²) in [4.78, 5) is 12.3. The molecule has 27 heavy (non-hydrogen) atoms. The SMILES string of the molecule is C=CCn1c(SCC(=O)c2cc(F)ccc2F)nnc1-c1ccc(Cl)cc1. The van der Waals surface area contributed by atoms with Crippen LogP contribution in [0.25, 0.3) is 11.4 Å². The zero-order valence-electron chi connectivity index (χ0n) is 14.0. The Bertz CT molecular complexity index is 989. The third-order valence-electron chi connectivity index (χ3n) is 3.69. The summed E-state index contributed by atoms with van der Waals surface area (Å²) in [7, 11) is 0. The summed E-state index contributed by atoms with van der Waals surface area (Å²) < 4.78 is 28.8. The van der Waals surface area contributed by atoms with Crippen molar-refractivity contribution in [2.75, 3.05) is 5.75 Å². The highest BCUT2D eigenvalue weighted by Gasteiger charge is 2.17. The normalized spacial score (nSPS) is 10.8. The predicted molar refractivity (Wildman–Crippen MR) is 102 cm³/mol. The van der Waals surface area contributed by atoms with Crippen molar-refractivity contribution in [3.05, 3.63) is 77.3 Å². The van der Waals surface area contributed by atoms with Gasteiger partial charge in [0, 0.05) is 17.1 Å². The molecule has 0 aliphatic carbocycles. The molecular formula is C19H14ClF2N3OS. The first-order valence-electron chi connectivity index (χ1n) is 7.90. The van der Waals surface area contributed by atoms with Crippen molar-refractivity contribution in [2.24, 2.45) is 0 Å². The van der Waals surface area contributed by atoms with Crippen molar-refractivity contribution < 1.29 is 13.6 Å². The molecule has 0 unspecified atom stereocenters. The fraction of sp³-hybridized carbons (Fsp3) is 0.105. The van der Waals surface area contributed by atoms with Gasteiger partial charge in [0.15, 0.2) is 16.8 Å². The lowest BCUT2D eigenvalue weighted by Crippen LogP contribution is -2.08. The molecule has 1 heterocycles. The van der Waals surface area contributed by atoms with E-state index in [4.69, 9.17) is 11.6 Å². The number of hydrogen-bond acceptors (Lipinski definition) is 4. The van der Waals surface area contributed by atoms with E-state index in [1.807, 2.05) is 12.1 Å². The first kappa shape index (κ1) is 19.3. The minimum atomic E-state index is -0.753. The maximum Gasteiger partial charge on any atom is 0.192 e. The Balaban J connectivity index is 1.82. The molecule has 0 aliphatic heterocycles. The molecule has 8 heteroatoms. The van der Waals surface area contributed by atoms with E-state index in [9.17, 15) is 13.6 Å². The summed E-state index contributed by atoms with van der Waals surface area (Å²) >= 11 is 7.01. The fourth-order valence-corrected chi connectivity index (χ4v) is 3.38. The topological polar surface area (TPSA) is 47.8 Å². The lowest BCUT2D eigenvalue weighted by atomic mass is 10.1. The molecular weight excluding hydrogens is 392 g/mol. The Morgan fingerprint density at radius 3 is 2.63 bits per heavy atom. The first-order chi connectivity index (χ1) is 13.0. The molecule has 0 N–H and O–H groups in total. The number of thioether (sulfide) groups is 1. The number of ketones is 1. The van der Waals surface area contributed by atoms with Gasteiger partial charge in [-0.2, -0.15) is 0 Å². The largest absolute Gasteiger partial charge is 0.298 e. The Morgan fingerprint density at radius 1 is 1.19 bits per heavy atom. The maximum atomic E-state index is 13.7. The second kappa shape index (κ2) is 8.45. The summed E-state index contributed by atoms with van der Waals surface area (Å²) in [5, 5.41) is 9.37. The van der Waals surface area contributed by atoms with Gasteiger partial charge in [-0.05, 0) is 42.5 Å². The number of carbonyl (C=O) groups excluding carboxylic acids is 1. The van der Waals surface area contributed by atoms with Crippen LogP contribution in [-0.2, 0) is 6.54 Å². The molecule has 4 nitrogen and oxygen atoms in total. The van der Waals surface area contributed by atoms with Gasteiger partial charge in [0.2, 0.25) is 0 Å². The highest BCUT2D eigenvalue weighted by molar-refractivity contribution is 7.99. The zero-order chi connectivity index (χ0) is 19.4. The number of benzene rings is 2. The second-order valence-corrected chi connectivity index (χ2v) is 6.93. The van der Waals surface area contributed by atoms with Crippen LogP contribution in [0, 0.1) is 11.6 Å². The number of carbonyl (C=O) groups is 1. The summed E-state index contributed by atoms with van der Waals surface area (Å²) in [6, 6.07) is 9.91. The Kier molecular flexibility index (Phi) is 6.03. The van der Waals surface area contributed by atoms with Gasteiger partial charge in [0.25, 0.3) is 0 Å². The van der Waals surface area contributed by atoms with Gasteiger partial charge in [-0.1, -0.05) is 29.4 Å². The van der Waals surface area contributed by atoms with Gasteiger partial charge in [0.1, 0.15) is 11.6 Å².